The summed E-state index contributed by atoms with van der Waals surface area (Å²) < 4.78 is 5.42. The van der Waals surface area contributed by atoms with E-state index in [4.69, 9.17) is 4.74 Å². The molecule has 1 amide bonds. The topological polar surface area (TPSA) is 41.6 Å². The third-order valence-electron chi connectivity index (χ3n) is 3.36. The zero-order chi connectivity index (χ0) is 14.2. The van der Waals surface area contributed by atoms with Gasteiger partial charge in [-0.2, -0.15) is 0 Å². The smallest absolute Gasteiger partial charge is 0.236 e. The quantitative estimate of drug-likeness (QED) is 0.773. The van der Waals surface area contributed by atoms with Crippen LogP contribution < -0.4 is 10.1 Å². The average molecular weight is 274 g/mol. The van der Waals surface area contributed by atoms with Crippen molar-refractivity contribution in [3.05, 3.63) is 42.5 Å². The first-order valence-corrected chi connectivity index (χ1v) is 7.11. The fraction of sp³-hybridized carbons (Fsp3) is 0.438. The van der Waals surface area contributed by atoms with Crippen molar-refractivity contribution >= 4 is 5.91 Å². The largest absolute Gasteiger partial charge is 0.490 e. The summed E-state index contributed by atoms with van der Waals surface area (Å²) in [5.41, 5.74) is 1.14. The molecule has 0 radical (unpaired) electrons. The van der Waals surface area contributed by atoms with Crippen LogP contribution in [-0.2, 0) is 11.3 Å². The van der Waals surface area contributed by atoms with Gasteiger partial charge in [-0.1, -0.05) is 24.8 Å². The number of ether oxygens (including phenoxy) is 1. The van der Waals surface area contributed by atoms with E-state index < -0.39 is 0 Å². The Kier molecular flexibility index (Phi) is 5.62. The maximum atomic E-state index is 11.8. The van der Waals surface area contributed by atoms with E-state index in [1.807, 2.05) is 29.2 Å². The lowest BCUT2D eigenvalue weighted by molar-refractivity contribution is -0.129. The molecule has 0 aromatic heterocycles. The van der Waals surface area contributed by atoms with Gasteiger partial charge < -0.3 is 15.0 Å². The molecule has 0 spiro atoms. The Morgan fingerprint density at radius 3 is 2.65 bits per heavy atom. The molecule has 1 aromatic rings. The first-order valence-electron chi connectivity index (χ1n) is 7.11. The summed E-state index contributed by atoms with van der Waals surface area (Å²) in [5, 5.41) is 3.19. The molecule has 1 aromatic carbocycles. The molecule has 0 aliphatic carbocycles. The number of likely N-dealkylation sites (tertiary alicyclic amines) is 1. The number of benzene rings is 1. The number of carbonyl (C=O) groups is 1. The second-order valence-corrected chi connectivity index (χ2v) is 4.94. The predicted molar refractivity (Wildman–Crippen MR) is 79.7 cm³/mol. The van der Waals surface area contributed by atoms with Crippen molar-refractivity contribution in [2.75, 3.05) is 26.2 Å². The lowest BCUT2D eigenvalue weighted by Crippen LogP contribution is -2.35. The van der Waals surface area contributed by atoms with Gasteiger partial charge >= 0.3 is 0 Å². The monoisotopic (exact) mass is 274 g/mol. The highest BCUT2D eigenvalue weighted by atomic mass is 16.5. The number of nitrogens with zero attached hydrogens (tertiary/aromatic N) is 1. The molecule has 2 rings (SSSR count). The lowest BCUT2D eigenvalue weighted by atomic mass is 10.2. The first-order chi connectivity index (χ1) is 9.79. The van der Waals surface area contributed by atoms with E-state index in [-0.39, 0.29) is 5.91 Å². The van der Waals surface area contributed by atoms with E-state index in [0.717, 1.165) is 37.2 Å². The fourth-order valence-corrected chi connectivity index (χ4v) is 2.25. The van der Waals surface area contributed by atoms with Gasteiger partial charge in [-0.3, -0.25) is 4.79 Å². The van der Waals surface area contributed by atoms with Crippen LogP contribution in [0.2, 0.25) is 0 Å². The molecule has 1 heterocycles. The number of rotatable bonds is 7. The van der Waals surface area contributed by atoms with Crippen LogP contribution in [0.4, 0.5) is 0 Å². The van der Waals surface area contributed by atoms with E-state index in [1.54, 1.807) is 6.08 Å². The highest BCUT2D eigenvalue weighted by Gasteiger charge is 2.16. The van der Waals surface area contributed by atoms with Gasteiger partial charge in [-0.25, -0.2) is 0 Å². The van der Waals surface area contributed by atoms with Gasteiger partial charge in [0.25, 0.3) is 0 Å². The standard InChI is InChI=1S/C16H22N2O2/c1-2-11-20-15-7-5-14(6-8-15)12-17-13-16(19)18-9-3-4-10-18/h2,5-8,17H,1,3-4,9-13H2. The maximum Gasteiger partial charge on any atom is 0.236 e. The van der Waals surface area contributed by atoms with E-state index in [0.29, 0.717) is 19.7 Å². The second-order valence-electron chi connectivity index (χ2n) is 4.94. The summed E-state index contributed by atoms with van der Waals surface area (Å²) in [6.45, 7) is 7.06. The van der Waals surface area contributed by atoms with E-state index >= 15 is 0 Å². The van der Waals surface area contributed by atoms with Gasteiger partial charge in [-0.15, -0.1) is 0 Å². The Labute approximate surface area is 120 Å². The third kappa shape index (κ3) is 4.38. The summed E-state index contributed by atoms with van der Waals surface area (Å²) in [7, 11) is 0. The Bertz CT molecular complexity index is 436. The molecule has 0 bridgehead atoms. The number of hydrogen-bond donors (Lipinski definition) is 1. The van der Waals surface area contributed by atoms with E-state index in [1.165, 1.54) is 0 Å². The van der Waals surface area contributed by atoms with Gasteiger partial charge in [0.2, 0.25) is 5.91 Å². The molecule has 1 aliphatic rings. The molecule has 108 valence electrons. The molecule has 0 saturated carbocycles. The van der Waals surface area contributed by atoms with Crippen LogP contribution in [0.3, 0.4) is 0 Å². The molecule has 0 atom stereocenters. The minimum absolute atomic E-state index is 0.202. The Morgan fingerprint density at radius 1 is 1.30 bits per heavy atom. The van der Waals surface area contributed by atoms with Crippen molar-refractivity contribution in [2.24, 2.45) is 0 Å². The molecule has 1 aliphatic heterocycles. The zero-order valence-corrected chi connectivity index (χ0v) is 11.8. The maximum absolute atomic E-state index is 11.8. The van der Waals surface area contributed by atoms with Crippen molar-refractivity contribution in [2.45, 2.75) is 19.4 Å². The molecule has 20 heavy (non-hydrogen) atoms. The minimum atomic E-state index is 0.202. The zero-order valence-electron chi connectivity index (χ0n) is 11.8. The normalized spacial score (nSPS) is 14.3. The average Bonchev–Trinajstić information content (AvgIpc) is 3.00. The van der Waals surface area contributed by atoms with Crippen LogP contribution in [0.1, 0.15) is 18.4 Å². The summed E-state index contributed by atoms with van der Waals surface area (Å²) in [6, 6.07) is 7.88. The van der Waals surface area contributed by atoms with Gasteiger partial charge in [0.05, 0.1) is 6.54 Å². The number of nitrogens with one attached hydrogen (secondary N) is 1. The number of hydrogen-bond acceptors (Lipinski definition) is 3. The highest BCUT2D eigenvalue weighted by Crippen LogP contribution is 2.12. The Hall–Kier alpha value is -1.81. The highest BCUT2D eigenvalue weighted by molar-refractivity contribution is 5.78. The predicted octanol–water partition coefficient (Wildman–Crippen LogP) is 1.96. The van der Waals surface area contributed by atoms with Crippen LogP contribution in [0, 0.1) is 0 Å². The Morgan fingerprint density at radius 2 is 2.00 bits per heavy atom. The Balaban J connectivity index is 1.70. The lowest BCUT2D eigenvalue weighted by Gasteiger charge is -2.15. The van der Waals surface area contributed by atoms with Crippen LogP contribution in [-0.4, -0.2) is 37.0 Å². The van der Waals surface area contributed by atoms with Crippen molar-refractivity contribution in [3.63, 3.8) is 0 Å². The summed E-state index contributed by atoms with van der Waals surface area (Å²) in [6.07, 6.45) is 4.00. The van der Waals surface area contributed by atoms with Gasteiger partial charge in [0, 0.05) is 19.6 Å². The first kappa shape index (κ1) is 14.6. The minimum Gasteiger partial charge on any atom is -0.490 e. The second kappa shape index (κ2) is 7.70. The van der Waals surface area contributed by atoms with Gasteiger partial charge in [0.1, 0.15) is 12.4 Å². The molecule has 1 fully saturated rings. The molecular formula is C16H22N2O2. The van der Waals surface area contributed by atoms with Crippen molar-refractivity contribution in [1.29, 1.82) is 0 Å². The SMILES string of the molecule is C=CCOc1ccc(CNCC(=O)N2CCCC2)cc1. The van der Waals surface area contributed by atoms with Gasteiger partial charge in [0.15, 0.2) is 0 Å². The van der Waals surface area contributed by atoms with Crippen LogP contribution in [0.25, 0.3) is 0 Å². The van der Waals surface area contributed by atoms with Crippen molar-refractivity contribution < 1.29 is 9.53 Å². The molecule has 4 nitrogen and oxygen atoms in total. The van der Waals surface area contributed by atoms with Crippen LogP contribution in [0.5, 0.6) is 5.75 Å². The summed E-state index contributed by atoms with van der Waals surface area (Å²) >= 11 is 0. The van der Waals surface area contributed by atoms with E-state index in [9.17, 15) is 4.79 Å². The molecular weight excluding hydrogens is 252 g/mol. The summed E-state index contributed by atoms with van der Waals surface area (Å²) in [4.78, 5) is 13.8. The number of carbonyl (C=O) groups excluding carboxylic acids is 1. The number of amides is 1. The van der Waals surface area contributed by atoms with Crippen molar-refractivity contribution in [3.8, 4) is 5.75 Å². The van der Waals surface area contributed by atoms with Gasteiger partial charge in [-0.05, 0) is 30.5 Å². The fourth-order valence-electron chi connectivity index (χ4n) is 2.25. The van der Waals surface area contributed by atoms with Crippen LogP contribution in [0.15, 0.2) is 36.9 Å². The van der Waals surface area contributed by atoms with E-state index in [2.05, 4.69) is 11.9 Å². The molecule has 0 unspecified atom stereocenters. The molecule has 1 saturated heterocycles. The van der Waals surface area contributed by atoms with Crippen LogP contribution >= 0.6 is 0 Å². The third-order valence-corrected chi connectivity index (χ3v) is 3.36. The summed E-state index contributed by atoms with van der Waals surface area (Å²) in [5.74, 6) is 1.04. The molecule has 1 N–H and O–H groups in total. The molecule has 4 heteroatoms. The van der Waals surface area contributed by atoms with Crippen molar-refractivity contribution in [1.82, 2.24) is 10.2 Å².